The zero-order valence-corrected chi connectivity index (χ0v) is 14.0. The summed E-state index contributed by atoms with van der Waals surface area (Å²) in [6, 6.07) is 9.20. The summed E-state index contributed by atoms with van der Waals surface area (Å²) in [5.74, 6) is 0.306. The van der Waals surface area contributed by atoms with Crippen LogP contribution in [0, 0.1) is 17.8 Å². The lowest BCUT2D eigenvalue weighted by Gasteiger charge is -2.43. The number of benzene rings is 1. The molecule has 5 N–H and O–H groups in total. The minimum Gasteiger partial charge on any atom is -0.368 e. The molecule has 130 valence electrons. The van der Waals surface area contributed by atoms with E-state index in [9.17, 15) is 9.59 Å². The van der Waals surface area contributed by atoms with Crippen molar-refractivity contribution in [3.8, 4) is 0 Å². The van der Waals surface area contributed by atoms with E-state index in [1.54, 1.807) is 0 Å². The van der Waals surface area contributed by atoms with Gasteiger partial charge in [-0.2, -0.15) is 0 Å². The Morgan fingerprint density at radius 3 is 2.33 bits per heavy atom. The molecule has 1 aromatic carbocycles. The summed E-state index contributed by atoms with van der Waals surface area (Å²) in [6.45, 7) is 0. The van der Waals surface area contributed by atoms with Gasteiger partial charge in [-0.25, -0.2) is 0 Å². The Bertz CT molecular complexity index is 576. The molecule has 2 bridgehead atoms. The van der Waals surface area contributed by atoms with Gasteiger partial charge in [0.2, 0.25) is 11.8 Å². The summed E-state index contributed by atoms with van der Waals surface area (Å²) < 4.78 is 0. The van der Waals surface area contributed by atoms with Crippen molar-refractivity contribution in [1.29, 1.82) is 0 Å². The highest BCUT2D eigenvalue weighted by atomic mass is 16.2. The first-order valence-corrected chi connectivity index (χ1v) is 8.93. The Labute approximate surface area is 143 Å². The van der Waals surface area contributed by atoms with Crippen LogP contribution in [0.15, 0.2) is 30.3 Å². The van der Waals surface area contributed by atoms with Crippen molar-refractivity contribution in [1.82, 2.24) is 5.32 Å². The van der Waals surface area contributed by atoms with Gasteiger partial charge in [0.05, 0.1) is 0 Å². The first-order valence-electron chi connectivity index (χ1n) is 8.93. The normalized spacial score (nSPS) is 30.4. The van der Waals surface area contributed by atoms with E-state index in [2.05, 4.69) is 5.32 Å². The lowest BCUT2D eigenvalue weighted by Crippen LogP contribution is -2.52. The van der Waals surface area contributed by atoms with Crippen molar-refractivity contribution in [3.63, 3.8) is 0 Å². The van der Waals surface area contributed by atoms with E-state index in [-0.39, 0.29) is 17.9 Å². The molecule has 2 fully saturated rings. The van der Waals surface area contributed by atoms with Crippen LogP contribution in [-0.2, 0) is 16.0 Å². The molecule has 3 unspecified atom stereocenters. The van der Waals surface area contributed by atoms with Gasteiger partial charge in [0.15, 0.2) is 0 Å². The van der Waals surface area contributed by atoms with Gasteiger partial charge in [-0.1, -0.05) is 36.8 Å². The molecular weight excluding hydrogens is 302 g/mol. The molecule has 0 saturated heterocycles. The highest BCUT2D eigenvalue weighted by Gasteiger charge is 2.41. The Morgan fingerprint density at radius 1 is 1.12 bits per heavy atom. The largest absolute Gasteiger partial charge is 0.368 e. The standard InChI is InChI=1S/C19H27N3O2/c20-17-13-7-4-8-14(17)11-15(10-13)19(24)22-16(18(21)23)9-12-5-2-1-3-6-12/h1-3,5-6,13-17H,4,7-11,20H2,(H2,21,23)(H,22,24). The number of fused-ring (bicyclic) bond motifs is 2. The minimum atomic E-state index is -0.657. The third-order valence-electron chi connectivity index (χ3n) is 5.73. The zero-order valence-electron chi connectivity index (χ0n) is 14.0. The first kappa shape index (κ1) is 17.0. The van der Waals surface area contributed by atoms with Gasteiger partial charge < -0.3 is 16.8 Å². The van der Waals surface area contributed by atoms with Gasteiger partial charge in [-0.3, -0.25) is 9.59 Å². The summed E-state index contributed by atoms with van der Waals surface area (Å²) in [6.07, 6.45) is 5.55. The molecule has 2 aliphatic carbocycles. The second kappa shape index (κ2) is 7.34. The summed E-state index contributed by atoms with van der Waals surface area (Å²) in [4.78, 5) is 24.4. The molecule has 24 heavy (non-hydrogen) atoms. The van der Waals surface area contributed by atoms with Crippen LogP contribution in [0.5, 0.6) is 0 Å². The molecule has 0 aliphatic heterocycles. The predicted molar refractivity (Wildman–Crippen MR) is 92.8 cm³/mol. The van der Waals surface area contributed by atoms with Crippen LogP contribution in [0.25, 0.3) is 0 Å². The Kier molecular flexibility index (Phi) is 5.19. The maximum atomic E-state index is 12.7. The molecule has 3 rings (SSSR count). The third kappa shape index (κ3) is 3.78. The van der Waals surface area contributed by atoms with E-state index in [0.717, 1.165) is 31.2 Å². The van der Waals surface area contributed by atoms with Gasteiger partial charge in [0.1, 0.15) is 6.04 Å². The maximum absolute atomic E-state index is 12.7. The van der Waals surface area contributed by atoms with Crippen LogP contribution in [0.4, 0.5) is 0 Å². The summed E-state index contributed by atoms with van der Waals surface area (Å²) in [7, 11) is 0. The Balaban J connectivity index is 1.62. The molecule has 2 amide bonds. The highest BCUT2D eigenvalue weighted by molar-refractivity contribution is 5.87. The Hall–Kier alpha value is -1.88. The monoisotopic (exact) mass is 329 g/mol. The molecule has 2 saturated carbocycles. The molecule has 3 atom stereocenters. The number of hydrogen-bond acceptors (Lipinski definition) is 3. The fourth-order valence-electron chi connectivity index (χ4n) is 4.37. The molecule has 0 heterocycles. The minimum absolute atomic E-state index is 0.0430. The topological polar surface area (TPSA) is 98.2 Å². The van der Waals surface area contributed by atoms with Crippen molar-refractivity contribution in [2.45, 2.75) is 50.6 Å². The van der Waals surface area contributed by atoms with Gasteiger partial charge in [-0.05, 0) is 43.1 Å². The number of amides is 2. The molecule has 5 heteroatoms. The van der Waals surface area contributed by atoms with Crippen LogP contribution in [0.3, 0.4) is 0 Å². The maximum Gasteiger partial charge on any atom is 0.240 e. The number of primary amides is 1. The summed E-state index contributed by atoms with van der Waals surface area (Å²) >= 11 is 0. The van der Waals surface area contributed by atoms with Gasteiger partial charge >= 0.3 is 0 Å². The van der Waals surface area contributed by atoms with E-state index >= 15 is 0 Å². The van der Waals surface area contributed by atoms with E-state index in [1.165, 1.54) is 6.42 Å². The van der Waals surface area contributed by atoms with E-state index in [1.807, 2.05) is 30.3 Å². The molecule has 1 aromatic rings. The third-order valence-corrected chi connectivity index (χ3v) is 5.73. The zero-order chi connectivity index (χ0) is 17.1. The van der Waals surface area contributed by atoms with Crippen molar-refractivity contribution >= 4 is 11.8 Å². The number of nitrogens with one attached hydrogen (secondary N) is 1. The number of nitrogens with two attached hydrogens (primary N) is 2. The van der Waals surface area contributed by atoms with E-state index < -0.39 is 11.9 Å². The summed E-state index contributed by atoms with van der Waals surface area (Å²) in [5, 5.41) is 2.88. The van der Waals surface area contributed by atoms with E-state index in [0.29, 0.717) is 18.3 Å². The van der Waals surface area contributed by atoms with Crippen LogP contribution < -0.4 is 16.8 Å². The fraction of sp³-hybridized carbons (Fsp3) is 0.579. The fourth-order valence-corrected chi connectivity index (χ4v) is 4.37. The summed E-state index contributed by atoms with van der Waals surface area (Å²) in [5.41, 5.74) is 12.8. The van der Waals surface area contributed by atoms with Crippen LogP contribution >= 0.6 is 0 Å². The molecule has 0 spiro atoms. The van der Waals surface area contributed by atoms with E-state index in [4.69, 9.17) is 11.5 Å². The number of hydrogen-bond donors (Lipinski definition) is 3. The van der Waals surface area contributed by atoms with Crippen LogP contribution in [-0.4, -0.2) is 23.9 Å². The van der Waals surface area contributed by atoms with Crippen LogP contribution in [0.1, 0.15) is 37.7 Å². The SMILES string of the molecule is NC(=O)C(Cc1ccccc1)NC(=O)C1CC2CCCC(C1)C2N. The second-order valence-electron chi connectivity index (χ2n) is 7.35. The Morgan fingerprint density at radius 2 is 1.75 bits per heavy atom. The van der Waals surface area contributed by atoms with Crippen molar-refractivity contribution in [3.05, 3.63) is 35.9 Å². The second-order valence-corrected chi connectivity index (χ2v) is 7.35. The molecule has 5 nitrogen and oxygen atoms in total. The first-order chi connectivity index (χ1) is 11.5. The number of carbonyl (C=O) groups excluding carboxylic acids is 2. The van der Waals surface area contributed by atoms with Crippen molar-refractivity contribution in [2.24, 2.45) is 29.2 Å². The van der Waals surface area contributed by atoms with Crippen molar-refractivity contribution in [2.75, 3.05) is 0 Å². The number of carbonyl (C=O) groups is 2. The van der Waals surface area contributed by atoms with Gasteiger partial charge in [0.25, 0.3) is 0 Å². The predicted octanol–water partition coefficient (Wildman–Crippen LogP) is 1.35. The molecule has 2 aliphatic rings. The smallest absolute Gasteiger partial charge is 0.240 e. The average Bonchev–Trinajstić information content (AvgIpc) is 2.54. The highest BCUT2D eigenvalue weighted by Crippen LogP contribution is 2.41. The average molecular weight is 329 g/mol. The molecule has 0 radical (unpaired) electrons. The lowest BCUT2D eigenvalue weighted by atomic mass is 9.65. The van der Waals surface area contributed by atoms with Crippen molar-refractivity contribution < 1.29 is 9.59 Å². The lowest BCUT2D eigenvalue weighted by molar-refractivity contribution is -0.132. The van der Waals surface area contributed by atoms with Gasteiger partial charge in [-0.15, -0.1) is 0 Å². The molecular formula is C19H27N3O2. The molecule has 0 aromatic heterocycles. The van der Waals surface area contributed by atoms with Gasteiger partial charge in [0, 0.05) is 18.4 Å². The number of rotatable bonds is 5. The quantitative estimate of drug-likeness (QED) is 0.760. The van der Waals surface area contributed by atoms with Crippen LogP contribution in [0.2, 0.25) is 0 Å².